The van der Waals surface area contributed by atoms with Crippen molar-refractivity contribution in [3.63, 3.8) is 0 Å². The Balaban J connectivity index is 1.85. The largest absolute Gasteiger partial charge is 0.325 e. The van der Waals surface area contributed by atoms with Crippen molar-refractivity contribution in [2.75, 3.05) is 11.1 Å². The van der Waals surface area contributed by atoms with E-state index in [1.807, 2.05) is 19.3 Å². The molecule has 0 saturated carbocycles. The average molecular weight is 272 g/mol. The summed E-state index contributed by atoms with van der Waals surface area (Å²) in [5.41, 5.74) is 1.26. The molecule has 0 aliphatic heterocycles. The van der Waals surface area contributed by atoms with E-state index in [9.17, 15) is 4.79 Å². The van der Waals surface area contributed by atoms with E-state index in [4.69, 9.17) is 5.26 Å². The van der Waals surface area contributed by atoms with Crippen molar-refractivity contribution < 1.29 is 4.79 Å². The third-order valence-electron chi connectivity index (χ3n) is 2.35. The summed E-state index contributed by atoms with van der Waals surface area (Å²) in [5, 5.41) is 15.5. The molecule has 1 aromatic heterocycles. The zero-order valence-electron chi connectivity index (χ0n) is 10.3. The standard InChI is InChI=1S/C13H12N4OS/c1-17-8-12(7-15-17)19-9-13(18)16-11-4-2-10(6-14)3-5-11/h2-5,7-8H,9H2,1H3,(H,16,18). The molecule has 1 amide bonds. The van der Waals surface area contributed by atoms with Gasteiger partial charge in [-0.05, 0) is 24.3 Å². The van der Waals surface area contributed by atoms with Crippen molar-refractivity contribution in [2.24, 2.45) is 7.05 Å². The lowest BCUT2D eigenvalue weighted by Crippen LogP contribution is -2.13. The number of nitrogens with one attached hydrogen (secondary N) is 1. The average Bonchev–Trinajstić information content (AvgIpc) is 2.83. The molecule has 1 N–H and O–H groups in total. The Labute approximate surface area is 115 Å². The Morgan fingerprint density at radius 3 is 2.79 bits per heavy atom. The van der Waals surface area contributed by atoms with E-state index in [-0.39, 0.29) is 5.91 Å². The Morgan fingerprint density at radius 2 is 2.21 bits per heavy atom. The number of hydrogen-bond donors (Lipinski definition) is 1. The molecule has 0 aliphatic carbocycles. The molecule has 0 fully saturated rings. The quantitative estimate of drug-likeness (QED) is 0.864. The summed E-state index contributed by atoms with van der Waals surface area (Å²) in [6.07, 6.45) is 3.58. The number of thioether (sulfide) groups is 1. The molecule has 2 rings (SSSR count). The second kappa shape index (κ2) is 6.07. The summed E-state index contributed by atoms with van der Waals surface area (Å²) in [6, 6.07) is 8.80. The van der Waals surface area contributed by atoms with Gasteiger partial charge in [0.15, 0.2) is 0 Å². The molecule has 0 aliphatic rings. The summed E-state index contributed by atoms with van der Waals surface area (Å²) in [5.74, 6) is 0.240. The monoisotopic (exact) mass is 272 g/mol. The first kappa shape index (κ1) is 13.2. The summed E-state index contributed by atoms with van der Waals surface area (Å²) in [7, 11) is 1.83. The van der Waals surface area contributed by atoms with Gasteiger partial charge in [0.1, 0.15) is 0 Å². The van der Waals surface area contributed by atoms with Crippen LogP contribution in [0.15, 0.2) is 41.6 Å². The molecular formula is C13H12N4OS. The molecule has 96 valence electrons. The minimum absolute atomic E-state index is 0.0847. The molecule has 0 atom stereocenters. The highest BCUT2D eigenvalue weighted by Gasteiger charge is 2.05. The summed E-state index contributed by atoms with van der Waals surface area (Å²) < 4.78 is 1.70. The van der Waals surface area contributed by atoms with Gasteiger partial charge in [0.05, 0.1) is 23.6 Å². The van der Waals surface area contributed by atoms with E-state index in [1.165, 1.54) is 11.8 Å². The van der Waals surface area contributed by atoms with E-state index in [2.05, 4.69) is 10.4 Å². The Hall–Kier alpha value is -2.26. The van der Waals surface area contributed by atoms with Crippen LogP contribution in [0.2, 0.25) is 0 Å². The van der Waals surface area contributed by atoms with Gasteiger partial charge >= 0.3 is 0 Å². The molecule has 2 aromatic rings. The summed E-state index contributed by atoms with van der Waals surface area (Å²) in [4.78, 5) is 12.7. The number of rotatable bonds is 4. The predicted molar refractivity (Wildman–Crippen MR) is 73.7 cm³/mol. The van der Waals surface area contributed by atoms with Crippen LogP contribution < -0.4 is 5.32 Å². The number of nitrogens with zero attached hydrogens (tertiary/aromatic N) is 3. The van der Waals surface area contributed by atoms with Crippen LogP contribution in [0.1, 0.15) is 5.56 Å². The normalized spacial score (nSPS) is 9.89. The van der Waals surface area contributed by atoms with Gasteiger partial charge in [-0.15, -0.1) is 11.8 Å². The van der Waals surface area contributed by atoms with Gasteiger partial charge in [-0.1, -0.05) is 0 Å². The first-order chi connectivity index (χ1) is 9.17. The van der Waals surface area contributed by atoms with Crippen molar-refractivity contribution in [3.8, 4) is 6.07 Å². The lowest BCUT2D eigenvalue weighted by Gasteiger charge is -2.04. The Morgan fingerprint density at radius 1 is 1.47 bits per heavy atom. The lowest BCUT2D eigenvalue weighted by atomic mass is 10.2. The SMILES string of the molecule is Cn1cc(SCC(=O)Nc2ccc(C#N)cc2)cn1. The highest BCUT2D eigenvalue weighted by Crippen LogP contribution is 2.17. The van der Waals surface area contributed by atoms with Gasteiger partial charge in [0.25, 0.3) is 0 Å². The third-order valence-corrected chi connectivity index (χ3v) is 3.30. The van der Waals surface area contributed by atoms with Crippen molar-refractivity contribution >= 4 is 23.4 Å². The maximum absolute atomic E-state index is 11.7. The maximum atomic E-state index is 11.7. The number of carbonyl (C=O) groups excluding carboxylic acids is 1. The van der Waals surface area contributed by atoms with Gasteiger partial charge < -0.3 is 5.32 Å². The number of aromatic nitrogens is 2. The van der Waals surface area contributed by atoms with Gasteiger partial charge in [0, 0.05) is 23.8 Å². The van der Waals surface area contributed by atoms with Crippen molar-refractivity contribution in [1.82, 2.24) is 9.78 Å². The molecule has 0 radical (unpaired) electrons. The molecule has 1 aromatic carbocycles. The van der Waals surface area contributed by atoms with E-state index < -0.39 is 0 Å². The molecular weight excluding hydrogens is 260 g/mol. The number of anilines is 1. The molecule has 0 bridgehead atoms. The second-order valence-electron chi connectivity index (χ2n) is 3.88. The Bertz CT molecular complexity index is 612. The van der Waals surface area contributed by atoms with Gasteiger partial charge in [-0.2, -0.15) is 10.4 Å². The highest BCUT2D eigenvalue weighted by molar-refractivity contribution is 8.00. The van der Waals surface area contributed by atoms with E-state index in [0.29, 0.717) is 17.0 Å². The Kier molecular flexibility index (Phi) is 4.21. The van der Waals surface area contributed by atoms with E-state index in [0.717, 1.165) is 4.90 Å². The smallest absolute Gasteiger partial charge is 0.234 e. The molecule has 0 spiro atoms. The van der Waals surface area contributed by atoms with Crippen LogP contribution in [-0.4, -0.2) is 21.4 Å². The van der Waals surface area contributed by atoms with Crippen LogP contribution in [0, 0.1) is 11.3 Å². The number of nitriles is 1. The van der Waals surface area contributed by atoms with E-state index in [1.54, 1.807) is 35.1 Å². The summed E-state index contributed by atoms with van der Waals surface area (Å²) in [6.45, 7) is 0. The van der Waals surface area contributed by atoms with Crippen molar-refractivity contribution in [2.45, 2.75) is 4.90 Å². The number of amides is 1. The number of carbonyl (C=O) groups is 1. The lowest BCUT2D eigenvalue weighted by molar-refractivity contribution is -0.113. The topological polar surface area (TPSA) is 70.7 Å². The third kappa shape index (κ3) is 3.86. The molecule has 6 heteroatoms. The number of hydrogen-bond acceptors (Lipinski definition) is 4. The van der Waals surface area contributed by atoms with Crippen molar-refractivity contribution in [1.29, 1.82) is 5.26 Å². The number of aryl methyl sites for hydroxylation is 1. The first-order valence-corrected chi connectivity index (χ1v) is 6.57. The van der Waals surface area contributed by atoms with Crippen LogP contribution in [0.4, 0.5) is 5.69 Å². The van der Waals surface area contributed by atoms with Gasteiger partial charge in [-0.3, -0.25) is 9.48 Å². The molecule has 0 unspecified atom stereocenters. The van der Waals surface area contributed by atoms with Gasteiger partial charge in [-0.25, -0.2) is 0 Å². The zero-order valence-corrected chi connectivity index (χ0v) is 11.1. The first-order valence-electron chi connectivity index (χ1n) is 5.59. The fourth-order valence-electron chi connectivity index (χ4n) is 1.45. The predicted octanol–water partition coefficient (Wildman–Crippen LogP) is 2.02. The van der Waals surface area contributed by atoms with Crippen molar-refractivity contribution in [3.05, 3.63) is 42.2 Å². The fourth-order valence-corrected chi connectivity index (χ4v) is 2.17. The number of benzene rings is 1. The fraction of sp³-hybridized carbons (Fsp3) is 0.154. The van der Waals surface area contributed by atoms with Crippen LogP contribution in [0.5, 0.6) is 0 Å². The van der Waals surface area contributed by atoms with E-state index >= 15 is 0 Å². The van der Waals surface area contributed by atoms with Crippen LogP contribution in [0.3, 0.4) is 0 Å². The molecule has 19 heavy (non-hydrogen) atoms. The van der Waals surface area contributed by atoms with Gasteiger partial charge in [0.2, 0.25) is 5.91 Å². The molecule has 0 saturated heterocycles. The van der Waals surface area contributed by atoms with Crippen LogP contribution in [-0.2, 0) is 11.8 Å². The highest BCUT2D eigenvalue weighted by atomic mass is 32.2. The van der Waals surface area contributed by atoms with Crippen LogP contribution >= 0.6 is 11.8 Å². The zero-order chi connectivity index (χ0) is 13.7. The minimum Gasteiger partial charge on any atom is -0.325 e. The second-order valence-corrected chi connectivity index (χ2v) is 4.92. The maximum Gasteiger partial charge on any atom is 0.234 e. The van der Waals surface area contributed by atoms with Crippen LogP contribution in [0.25, 0.3) is 0 Å². The molecule has 5 nitrogen and oxygen atoms in total. The molecule has 1 heterocycles. The summed E-state index contributed by atoms with van der Waals surface area (Å²) >= 11 is 1.43. The minimum atomic E-state index is -0.0847.